The average molecular weight is 294 g/mol. The molecule has 3 unspecified atom stereocenters. The summed E-state index contributed by atoms with van der Waals surface area (Å²) in [6.07, 6.45) is 4.23. The predicted octanol–water partition coefficient (Wildman–Crippen LogP) is 3.33. The Morgan fingerprint density at radius 2 is 2.05 bits per heavy atom. The van der Waals surface area contributed by atoms with E-state index >= 15 is 0 Å². The zero-order chi connectivity index (χ0) is 15.2. The van der Waals surface area contributed by atoms with Gasteiger partial charge < -0.3 is 19.3 Å². The van der Waals surface area contributed by atoms with Crippen LogP contribution in [0.1, 0.15) is 44.3 Å². The average Bonchev–Trinajstić information content (AvgIpc) is 2.52. The van der Waals surface area contributed by atoms with Gasteiger partial charge in [0.25, 0.3) is 0 Å². The molecule has 1 saturated carbocycles. The van der Waals surface area contributed by atoms with Gasteiger partial charge in [0.05, 0.1) is 26.9 Å². The number of benzene rings is 1. The van der Waals surface area contributed by atoms with Gasteiger partial charge in [0.1, 0.15) is 17.6 Å². The monoisotopic (exact) mass is 294 g/mol. The number of ether oxygens (including phenoxy) is 3. The van der Waals surface area contributed by atoms with E-state index in [1.165, 1.54) is 12.8 Å². The molecule has 0 aromatic heterocycles. The molecule has 0 saturated heterocycles. The highest BCUT2D eigenvalue weighted by Crippen LogP contribution is 2.31. The van der Waals surface area contributed by atoms with Crippen molar-refractivity contribution in [3.8, 4) is 11.5 Å². The van der Waals surface area contributed by atoms with Crippen LogP contribution < -0.4 is 9.47 Å². The summed E-state index contributed by atoms with van der Waals surface area (Å²) in [4.78, 5) is 0. The summed E-state index contributed by atoms with van der Waals surface area (Å²) < 4.78 is 16.4. The van der Waals surface area contributed by atoms with E-state index < -0.39 is 6.10 Å². The van der Waals surface area contributed by atoms with E-state index in [2.05, 4.69) is 6.92 Å². The van der Waals surface area contributed by atoms with Crippen molar-refractivity contribution in [2.75, 3.05) is 20.8 Å². The van der Waals surface area contributed by atoms with Gasteiger partial charge in [-0.15, -0.1) is 0 Å². The van der Waals surface area contributed by atoms with Gasteiger partial charge in [0.15, 0.2) is 0 Å². The predicted molar refractivity (Wildman–Crippen MR) is 81.9 cm³/mol. The number of aliphatic hydroxyl groups excluding tert-OH is 1. The van der Waals surface area contributed by atoms with Crippen molar-refractivity contribution in [3.63, 3.8) is 0 Å². The SMILES string of the molecule is COc1ccc(OC)c(C(O)COC2CCCC(C)C2)c1. The van der Waals surface area contributed by atoms with Crippen LogP contribution in [-0.2, 0) is 4.74 Å². The van der Waals surface area contributed by atoms with Crippen LogP contribution in [0.5, 0.6) is 11.5 Å². The van der Waals surface area contributed by atoms with Crippen molar-refractivity contribution in [3.05, 3.63) is 23.8 Å². The van der Waals surface area contributed by atoms with E-state index in [0.29, 0.717) is 29.6 Å². The highest BCUT2D eigenvalue weighted by Gasteiger charge is 2.22. The van der Waals surface area contributed by atoms with Crippen molar-refractivity contribution >= 4 is 0 Å². The van der Waals surface area contributed by atoms with Gasteiger partial charge >= 0.3 is 0 Å². The van der Waals surface area contributed by atoms with Crippen LogP contribution in [0.2, 0.25) is 0 Å². The lowest BCUT2D eigenvalue weighted by molar-refractivity contribution is -0.0327. The van der Waals surface area contributed by atoms with Gasteiger partial charge in [-0.05, 0) is 37.0 Å². The number of hydrogen-bond donors (Lipinski definition) is 1. The molecular formula is C17H26O4. The summed E-state index contributed by atoms with van der Waals surface area (Å²) in [6.45, 7) is 2.55. The summed E-state index contributed by atoms with van der Waals surface area (Å²) in [5.74, 6) is 2.08. The van der Waals surface area contributed by atoms with Crippen LogP contribution in [0, 0.1) is 5.92 Å². The lowest BCUT2D eigenvalue weighted by atomic mass is 9.89. The Hall–Kier alpha value is -1.26. The molecule has 1 aromatic carbocycles. The topological polar surface area (TPSA) is 47.9 Å². The summed E-state index contributed by atoms with van der Waals surface area (Å²) >= 11 is 0. The molecule has 1 aromatic rings. The molecule has 4 heteroatoms. The lowest BCUT2D eigenvalue weighted by Crippen LogP contribution is -2.23. The number of aliphatic hydroxyl groups is 1. The quantitative estimate of drug-likeness (QED) is 0.874. The molecule has 0 aliphatic heterocycles. The van der Waals surface area contributed by atoms with Crippen LogP contribution in [-0.4, -0.2) is 32.0 Å². The summed E-state index contributed by atoms with van der Waals surface area (Å²) in [5, 5.41) is 10.4. The van der Waals surface area contributed by atoms with Gasteiger partial charge in [-0.1, -0.05) is 19.8 Å². The molecule has 3 atom stereocenters. The Bertz CT molecular complexity index is 446. The molecule has 0 radical (unpaired) electrons. The first-order valence-corrected chi connectivity index (χ1v) is 7.65. The van der Waals surface area contributed by atoms with E-state index in [0.717, 1.165) is 12.8 Å². The maximum absolute atomic E-state index is 10.4. The van der Waals surface area contributed by atoms with Gasteiger partial charge in [0, 0.05) is 5.56 Å². The van der Waals surface area contributed by atoms with Crippen molar-refractivity contribution in [1.29, 1.82) is 0 Å². The maximum Gasteiger partial charge on any atom is 0.125 e. The first-order chi connectivity index (χ1) is 10.1. The normalized spacial score (nSPS) is 23.6. The van der Waals surface area contributed by atoms with Crippen molar-refractivity contribution in [1.82, 2.24) is 0 Å². The molecule has 1 aliphatic carbocycles. The summed E-state index contributed by atoms with van der Waals surface area (Å²) in [5.41, 5.74) is 0.709. The molecule has 0 bridgehead atoms. The Balaban J connectivity index is 1.97. The van der Waals surface area contributed by atoms with Crippen LogP contribution in [0.4, 0.5) is 0 Å². The third-order valence-electron chi connectivity index (χ3n) is 4.17. The van der Waals surface area contributed by atoms with Crippen molar-refractivity contribution < 1.29 is 19.3 Å². The molecule has 0 heterocycles. The minimum absolute atomic E-state index is 0.264. The van der Waals surface area contributed by atoms with Gasteiger partial charge in [0.2, 0.25) is 0 Å². The van der Waals surface area contributed by atoms with E-state index in [1.807, 2.05) is 6.07 Å². The van der Waals surface area contributed by atoms with Gasteiger partial charge in [-0.2, -0.15) is 0 Å². The van der Waals surface area contributed by atoms with Crippen molar-refractivity contribution in [2.45, 2.75) is 44.8 Å². The standard InChI is InChI=1S/C17H26O4/c1-12-5-4-6-14(9-12)21-11-16(18)15-10-13(19-2)7-8-17(15)20-3/h7-8,10,12,14,16,18H,4-6,9,11H2,1-3H3. The summed E-state index contributed by atoms with van der Waals surface area (Å²) in [7, 11) is 3.21. The largest absolute Gasteiger partial charge is 0.497 e. The molecule has 0 amide bonds. The first-order valence-electron chi connectivity index (χ1n) is 7.65. The van der Waals surface area contributed by atoms with Crippen molar-refractivity contribution in [2.24, 2.45) is 5.92 Å². The minimum atomic E-state index is -0.702. The molecule has 1 aliphatic rings. The fourth-order valence-corrected chi connectivity index (χ4v) is 2.95. The van der Waals surface area contributed by atoms with E-state index in [1.54, 1.807) is 26.4 Å². The van der Waals surface area contributed by atoms with Crippen LogP contribution >= 0.6 is 0 Å². The zero-order valence-corrected chi connectivity index (χ0v) is 13.2. The van der Waals surface area contributed by atoms with E-state index in [-0.39, 0.29) is 6.10 Å². The maximum atomic E-state index is 10.4. The Morgan fingerprint density at radius 3 is 2.71 bits per heavy atom. The number of rotatable bonds is 6. The fraction of sp³-hybridized carbons (Fsp3) is 0.647. The highest BCUT2D eigenvalue weighted by molar-refractivity contribution is 5.41. The molecule has 21 heavy (non-hydrogen) atoms. The van der Waals surface area contributed by atoms with Gasteiger partial charge in [-0.25, -0.2) is 0 Å². The second kappa shape index (κ2) is 7.66. The molecule has 1 fully saturated rings. The molecular weight excluding hydrogens is 268 g/mol. The molecule has 2 rings (SSSR count). The molecule has 1 N–H and O–H groups in total. The Labute approximate surface area is 127 Å². The third kappa shape index (κ3) is 4.35. The minimum Gasteiger partial charge on any atom is -0.497 e. The third-order valence-corrected chi connectivity index (χ3v) is 4.17. The second-order valence-corrected chi connectivity index (χ2v) is 5.85. The van der Waals surface area contributed by atoms with Crippen LogP contribution in [0.3, 0.4) is 0 Å². The Kier molecular flexibility index (Phi) is 5.88. The molecule has 0 spiro atoms. The molecule has 118 valence electrons. The smallest absolute Gasteiger partial charge is 0.125 e. The molecule has 4 nitrogen and oxygen atoms in total. The van der Waals surface area contributed by atoms with Crippen LogP contribution in [0.15, 0.2) is 18.2 Å². The summed E-state index contributed by atoms with van der Waals surface area (Å²) in [6, 6.07) is 5.43. The lowest BCUT2D eigenvalue weighted by Gasteiger charge is -2.28. The number of methoxy groups -OCH3 is 2. The van der Waals surface area contributed by atoms with E-state index in [4.69, 9.17) is 14.2 Å². The highest BCUT2D eigenvalue weighted by atomic mass is 16.5. The first kappa shape index (κ1) is 16.1. The fourth-order valence-electron chi connectivity index (χ4n) is 2.95. The second-order valence-electron chi connectivity index (χ2n) is 5.85. The Morgan fingerprint density at radius 1 is 1.24 bits per heavy atom. The van der Waals surface area contributed by atoms with E-state index in [9.17, 15) is 5.11 Å². The van der Waals surface area contributed by atoms with Crippen LogP contribution in [0.25, 0.3) is 0 Å². The van der Waals surface area contributed by atoms with Gasteiger partial charge in [-0.3, -0.25) is 0 Å². The zero-order valence-electron chi connectivity index (χ0n) is 13.2. The number of hydrogen-bond acceptors (Lipinski definition) is 4.